The second-order valence-electron chi connectivity index (χ2n) is 3.17. The summed E-state index contributed by atoms with van der Waals surface area (Å²) in [7, 11) is 0. The molecule has 0 unspecified atom stereocenters. The van der Waals surface area contributed by atoms with Gasteiger partial charge >= 0.3 is 23.9 Å². The van der Waals surface area contributed by atoms with Crippen LogP contribution >= 0.6 is 0 Å². The Labute approximate surface area is 100 Å². The Morgan fingerprint density at radius 1 is 0.824 bits per heavy atom. The fourth-order valence-electron chi connectivity index (χ4n) is 0.799. The Morgan fingerprint density at radius 3 is 1.24 bits per heavy atom. The molecule has 0 aliphatic rings. The summed E-state index contributed by atoms with van der Waals surface area (Å²) in [5, 5.41) is 0. The second kappa shape index (κ2) is 6.88. The minimum atomic E-state index is -2.23. The quantitative estimate of drug-likeness (QED) is 0.519. The summed E-state index contributed by atoms with van der Waals surface area (Å²) in [6, 6.07) is 0. The maximum absolute atomic E-state index is 11.1. The van der Waals surface area contributed by atoms with Gasteiger partial charge in [0.2, 0.25) is 0 Å². The van der Waals surface area contributed by atoms with Crippen molar-refractivity contribution in [1.29, 1.82) is 0 Å². The molecule has 0 spiro atoms. The molecule has 0 N–H and O–H groups in total. The van der Waals surface area contributed by atoms with Crippen LogP contribution in [0.25, 0.3) is 0 Å². The smallest absolute Gasteiger partial charge is 0.388 e. The third-order valence-electron chi connectivity index (χ3n) is 1.67. The first-order valence-corrected chi connectivity index (χ1v) is 5.37. The molecule has 0 bridgehead atoms. The Hall–Kier alpha value is -1.59. The van der Waals surface area contributed by atoms with Crippen molar-refractivity contribution < 1.29 is 28.6 Å². The van der Waals surface area contributed by atoms with E-state index in [2.05, 4.69) is 6.92 Å². The monoisotopic (exact) mass is 245 g/mol. The van der Waals surface area contributed by atoms with Crippen molar-refractivity contribution in [3.63, 3.8) is 0 Å². The maximum atomic E-state index is 11.1. The van der Waals surface area contributed by atoms with Crippen molar-refractivity contribution in [3.8, 4) is 0 Å². The van der Waals surface area contributed by atoms with Gasteiger partial charge in [-0.05, 0) is 0 Å². The average molecular weight is 245 g/mol. The summed E-state index contributed by atoms with van der Waals surface area (Å²) in [4.78, 5) is 33.4. The van der Waals surface area contributed by atoms with Crippen molar-refractivity contribution in [1.82, 2.24) is 0 Å². The van der Waals surface area contributed by atoms with Gasteiger partial charge in [-0.15, -0.1) is 0 Å². The fourth-order valence-corrected chi connectivity index (χ4v) is 0.799. The van der Waals surface area contributed by atoms with Crippen molar-refractivity contribution in [2.45, 2.75) is 46.0 Å². The van der Waals surface area contributed by atoms with E-state index in [1.54, 1.807) is 20.8 Å². The molecule has 0 aromatic carbocycles. The number of carbonyl (C=O) groups is 3. The van der Waals surface area contributed by atoms with Gasteiger partial charge in [-0.2, -0.15) is 0 Å². The van der Waals surface area contributed by atoms with Gasteiger partial charge in [0.05, 0.1) is 6.92 Å². The highest BCUT2D eigenvalue weighted by molar-refractivity contribution is 5.73. The van der Waals surface area contributed by atoms with E-state index in [-0.39, 0.29) is 19.3 Å². The number of ether oxygens (including phenoxy) is 3. The molecule has 97 valence electrons. The lowest BCUT2D eigenvalue weighted by Crippen LogP contribution is -2.41. The molecule has 0 aliphatic carbocycles. The third kappa shape index (κ3) is 5.89. The predicted molar refractivity (Wildman–Crippen MR) is 57.2 cm³/mol. The van der Waals surface area contributed by atoms with Crippen molar-refractivity contribution >= 4 is 17.9 Å². The standard InChI is InChI=1S/C11H17O6/c1-5-8(12)15-11(4,16-9(13)6-2)17-10(14)7-3/h4-7H2,1-3H3. The van der Waals surface area contributed by atoms with Crippen LogP contribution in [-0.2, 0) is 28.6 Å². The van der Waals surface area contributed by atoms with Crippen LogP contribution in [0.3, 0.4) is 0 Å². The molecule has 0 atom stereocenters. The Kier molecular flexibility index (Phi) is 6.23. The van der Waals surface area contributed by atoms with Gasteiger partial charge in [-0.3, -0.25) is 14.4 Å². The van der Waals surface area contributed by atoms with E-state index in [0.717, 1.165) is 0 Å². The van der Waals surface area contributed by atoms with Gasteiger partial charge < -0.3 is 14.2 Å². The highest BCUT2D eigenvalue weighted by Crippen LogP contribution is 2.17. The highest BCUT2D eigenvalue weighted by atomic mass is 16.9. The van der Waals surface area contributed by atoms with Crippen molar-refractivity contribution in [3.05, 3.63) is 6.92 Å². The van der Waals surface area contributed by atoms with E-state index in [1.165, 1.54) is 0 Å². The zero-order chi connectivity index (χ0) is 13.5. The normalized spacial score (nSPS) is 10.6. The molecule has 0 saturated heterocycles. The van der Waals surface area contributed by atoms with Gasteiger partial charge in [0.25, 0.3) is 0 Å². The van der Waals surface area contributed by atoms with Gasteiger partial charge in [-0.25, -0.2) is 0 Å². The second-order valence-corrected chi connectivity index (χ2v) is 3.17. The first kappa shape index (κ1) is 15.4. The first-order chi connectivity index (χ1) is 7.86. The molecule has 17 heavy (non-hydrogen) atoms. The van der Waals surface area contributed by atoms with Crippen LogP contribution in [-0.4, -0.2) is 23.9 Å². The largest absolute Gasteiger partial charge is 0.423 e. The molecule has 6 heteroatoms. The minimum absolute atomic E-state index is 0.0463. The molecule has 0 aliphatic heterocycles. The summed E-state index contributed by atoms with van der Waals surface area (Å²) >= 11 is 0. The van der Waals surface area contributed by atoms with Gasteiger partial charge in [0, 0.05) is 19.3 Å². The van der Waals surface area contributed by atoms with Crippen LogP contribution < -0.4 is 0 Å². The lowest BCUT2D eigenvalue weighted by atomic mass is 10.4. The van der Waals surface area contributed by atoms with Crippen molar-refractivity contribution in [2.75, 3.05) is 0 Å². The van der Waals surface area contributed by atoms with Gasteiger partial charge in [-0.1, -0.05) is 20.8 Å². The molecule has 0 rings (SSSR count). The molecule has 0 aromatic heterocycles. The Bertz CT molecular complexity index is 251. The SMILES string of the molecule is [CH2]C(OC(=O)CC)(OC(=O)CC)OC(=O)CC. The predicted octanol–water partition coefficient (Wildman–Crippen LogP) is 1.33. The van der Waals surface area contributed by atoms with E-state index < -0.39 is 23.9 Å². The molecule has 0 amide bonds. The van der Waals surface area contributed by atoms with E-state index in [4.69, 9.17) is 14.2 Å². The maximum Gasteiger partial charge on any atom is 0.423 e. The van der Waals surface area contributed by atoms with E-state index in [1.807, 2.05) is 0 Å². The molecule has 1 radical (unpaired) electrons. The van der Waals surface area contributed by atoms with Crippen LogP contribution in [0, 0.1) is 6.92 Å². The number of carbonyl (C=O) groups excluding carboxylic acids is 3. The lowest BCUT2D eigenvalue weighted by Gasteiger charge is -2.27. The first-order valence-electron chi connectivity index (χ1n) is 5.37. The summed E-state index contributed by atoms with van der Waals surface area (Å²) in [5.41, 5.74) is 0. The fraction of sp³-hybridized carbons (Fsp3) is 0.636. The number of hydrogen-bond donors (Lipinski definition) is 0. The summed E-state index contributed by atoms with van der Waals surface area (Å²) < 4.78 is 14.1. The molecule has 0 fully saturated rings. The molecule has 0 saturated carbocycles. The topological polar surface area (TPSA) is 78.9 Å². The minimum Gasteiger partial charge on any atom is -0.388 e. The highest BCUT2D eigenvalue weighted by Gasteiger charge is 2.37. The van der Waals surface area contributed by atoms with E-state index >= 15 is 0 Å². The number of rotatable bonds is 6. The molecule has 6 nitrogen and oxygen atoms in total. The number of hydrogen-bond acceptors (Lipinski definition) is 6. The van der Waals surface area contributed by atoms with Crippen LogP contribution in [0.15, 0.2) is 0 Å². The Balaban J connectivity index is 4.72. The van der Waals surface area contributed by atoms with Crippen LogP contribution in [0.2, 0.25) is 0 Å². The zero-order valence-electron chi connectivity index (χ0n) is 10.3. The zero-order valence-corrected chi connectivity index (χ0v) is 10.3. The van der Waals surface area contributed by atoms with E-state index in [0.29, 0.717) is 0 Å². The average Bonchev–Trinajstić information content (AvgIpc) is 2.27. The molecule has 0 aromatic rings. The van der Waals surface area contributed by atoms with E-state index in [9.17, 15) is 14.4 Å². The molecular formula is C11H17O6. The van der Waals surface area contributed by atoms with Gasteiger partial charge in [0.15, 0.2) is 0 Å². The lowest BCUT2D eigenvalue weighted by molar-refractivity contribution is -0.305. The summed E-state index contributed by atoms with van der Waals surface area (Å²) in [6.07, 6.45) is 0.139. The third-order valence-corrected chi connectivity index (χ3v) is 1.67. The van der Waals surface area contributed by atoms with Crippen molar-refractivity contribution in [2.24, 2.45) is 0 Å². The summed E-state index contributed by atoms with van der Waals surface area (Å²) in [6.45, 7) is 7.95. The van der Waals surface area contributed by atoms with Crippen LogP contribution in [0.1, 0.15) is 40.0 Å². The van der Waals surface area contributed by atoms with Crippen LogP contribution in [0.4, 0.5) is 0 Å². The molecule has 0 heterocycles. The van der Waals surface area contributed by atoms with Crippen LogP contribution in [0.5, 0.6) is 0 Å². The number of esters is 3. The summed E-state index contributed by atoms with van der Waals surface area (Å²) in [5.74, 6) is -4.29. The Morgan fingerprint density at radius 2 is 1.06 bits per heavy atom. The van der Waals surface area contributed by atoms with Gasteiger partial charge in [0.1, 0.15) is 0 Å². The molecular weight excluding hydrogens is 228 g/mol.